The summed E-state index contributed by atoms with van der Waals surface area (Å²) in [5, 5.41) is 3.01. The van der Waals surface area contributed by atoms with Gasteiger partial charge in [-0.05, 0) is 44.7 Å². The number of carbonyl (C=O) groups excluding carboxylic acids is 1. The fourth-order valence-corrected chi connectivity index (χ4v) is 2.93. The zero-order valence-electron chi connectivity index (χ0n) is 12.8. The van der Waals surface area contributed by atoms with Gasteiger partial charge in [0.1, 0.15) is 6.10 Å². The first-order valence-electron chi connectivity index (χ1n) is 7.54. The number of ether oxygens (including phenoxy) is 1. The van der Waals surface area contributed by atoms with E-state index in [2.05, 4.69) is 17.1 Å². The lowest BCUT2D eigenvalue weighted by atomic mass is 10.1. The molecule has 0 saturated carbocycles. The van der Waals surface area contributed by atoms with E-state index >= 15 is 0 Å². The van der Waals surface area contributed by atoms with E-state index in [0.717, 1.165) is 25.9 Å². The van der Waals surface area contributed by atoms with E-state index < -0.39 is 0 Å². The van der Waals surface area contributed by atoms with Crippen LogP contribution in [0.2, 0.25) is 0 Å². The van der Waals surface area contributed by atoms with Crippen molar-refractivity contribution >= 4 is 30.7 Å². The molecule has 0 radical (unpaired) electrons. The van der Waals surface area contributed by atoms with Gasteiger partial charge >= 0.3 is 0 Å². The average molecular weight is 342 g/mol. The maximum absolute atomic E-state index is 12.0. The third-order valence-corrected chi connectivity index (χ3v) is 4.06. The zero-order valence-corrected chi connectivity index (χ0v) is 14.4. The fourth-order valence-electron chi connectivity index (χ4n) is 2.93. The van der Waals surface area contributed by atoms with Gasteiger partial charge in [-0.15, -0.1) is 24.8 Å². The first-order chi connectivity index (χ1) is 9.19. The van der Waals surface area contributed by atoms with Crippen LogP contribution < -0.4 is 11.1 Å². The molecule has 0 aromatic carbocycles. The first-order valence-corrected chi connectivity index (χ1v) is 7.54. The van der Waals surface area contributed by atoms with Crippen molar-refractivity contribution in [3.05, 3.63) is 0 Å². The van der Waals surface area contributed by atoms with Gasteiger partial charge in [-0.2, -0.15) is 0 Å². The second-order valence-electron chi connectivity index (χ2n) is 5.92. The molecule has 3 N–H and O–H groups in total. The van der Waals surface area contributed by atoms with Gasteiger partial charge in [-0.1, -0.05) is 6.92 Å². The van der Waals surface area contributed by atoms with Gasteiger partial charge in [0.05, 0.1) is 6.10 Å². The maximum atomic E-state index is 12.0. The Balaban J connectivity index is 0.00000200. The molecule has 2 saturated heterocycles. The topological polar surface area (TPSA) is 67.6 Å². The van der Waals surface area contributed by atoms with Gasteiger partial charge in [-0.3, -0.25) is 4.79 Å². The maximum Gasteiger partial charge on any atom is 0.249 e. The molecule has 0 aromatic rings. The van der Waals surface area contributed by atoms with Crippen LogP contribution in [0, 0.1) is 5.92 Å². The molecule has 1 amide bonds. The third-order valence-electron chi connectivity index (χ3n) is 4.06. The number of hydrogen-bond acceptors (Lipinski definition) is 4. The lowest BCUT2D eigenvalue weighted by Crippen LogP contribution is -2.39. The standard InChI is InChI=1S/C14H27N3O2.2ClH/c1-11(10-17-6-2-3-7-17)9-16-14(18)13-5-4-12(8-15)19-13;;/h11-13H,2-10,15H2,1H3,(H,16,18);2*1H/t11?,12-,13+;;/m1../s1. The summed E-state index contributed by atoms with van der Waals surface area (Å²) in [5.41, 5.74) is 5.55. The average Bonchev–Trinajstić information content (AvgIpc) is 3.06. The second-order valence-corrected chi connectivity index (χ2v) is 5.92. The predicted octanol–water partition coefficient (Wildman–Crippen LogP) is 1.18. The second kappa shape index (κ2) is 10.6. The SMILES string of the molecule is CC(CNC(=O)[C@@H]1CC[C@H](CN)O1)CN1CCCC1.Cl.Cl. The van der Waals surface area contributed by atoms with Crippen molar-refractivity contribution < 1.29 is 9.53 Å². The van der Waals surface area contributed by atoms with Gasteiger partial charge in [0, 0.05) is 19.6 Å². The number of nitrogens with zero attached hydrogens (tertiary/aromatic N) is 1. The van der Waals surface area contributed by atoms with Crippen LogP contribution in [0.25, 0.3) is 0 Å². The minimum absolute atomic E-state index is 0. The highest BCUT2D eigenvalue weighted by Crippen LogP contribution is 2.19. The summed E-state index contributed by atoms with van der Waals surface area (Å²) < 4.78 is 5.59. The van der Waals surface area contributed by atoms with Crippen LogP contribution in [0.5, 0.6) is 0 Å². The molecule has 0 spiro atoms. The van der Waals surface area contributed by atoms with E-state index in [4.69, 9.17) is 10.5 Å². The molecular formula is C14H29Cl2N3O2. The van der Waals surface area contributed by atoms with Crippen LogP contribution in [-0.2, 0) is 9.53 Å². The Bertz CT molecular complexity index is 302. The summed E-state index contributed by atoms with van der Waals surface area (Å²) in [6, 6.07) is 0. The van der Waals surface area contributed by atoms with E-state index in [1.807, 2.05) is 0 Å². The summed E-state index contributed by atoms with van der Waals surface area (Å²) in [6.45, 7) is 6.94. The van der Waals surface area contributed by atoms with Crippen LogP contribution in [0.4, 0.5) is 0 Å². The molecule has 7 heteroatoms. The van der Waals surface area contributed by atoms with Crippen molar-refractivity contribution in [1.82, 2.24) is 10.2 Å². The van der Waals surface area contributed by atoms with Crippen LogP contribution >= 0.6 is 24.8 Å². The molecule has 5 nitrogen and oxygen atoms in total. The van der Waals surface area contributed by atoms with Gasteiger partial charge in [0.2, 0.25) is 5.91 Å². The normalized spacial score (nSPS) is 26.8. The highest BCUT2D eigenvalue weighted by molar-refractivity contribution is 5.85. The Morgan fingerprint density at radius 1 is 1.33 bits per heavy atom. The monoisotopic (exact) mass is 341 g/mol. The van der Waals surface area contributed by atoms with Gasteiger partial charge in [0.15, 0.2) is 0 Å². The van der Waals surface area contributed by atoms with Gasteiger partial charge in [-0.25, -0.2) is 0 Å². The summed E-state index contributed by atoms with van der Waals surface area (Å²) in [6.07, 6.45) is 4.11. The zero-order chi connectivity index (χ0) is 13.7. The molecule has 0 bridgehead atoms. The molecule has 2 rings (SSSR count). The van der Waals surface area contributed by atoms with Crippen molar-refractivity contribution in [3.63, 3.8) is 0 Å². The molecule has 2 aliphatic rings. The molecular weight excluding hydrogens is 313 g/mol. The first kappa shape index (κ1) is 20.9. The predicted molar refractivity (Wildman–Crippen MR) is 89.3 cm³/mol. The molecule has 1 unspecified atom stereocenters. The summed E-state index contributed by atoms with van der Waals surface area (Å²) in [5.74, 6) is 0.526. The number of likely N-dealkylation sites (tertiary alicyclic amines) is 1. The lowest BCUT2D eigenvalue weighted by Gasteiger charge is -2.21. The molecule has 126 valence electrons. The number of nitrogens with two attached hydrogens (primary N) is 1. The smallest absolute Gasteiger partial charge is 0.249 e. The number of hydrogen-bond donors (Lipinski definition) is 2. The van der Waals surface area contributed by atoms with Gasteiger partial charge in [0.25, 0.3) is 0 Å². The van der Waals surface area contributed by atoms with E-state index in [1.165, 1.54) is 25.9 Å². The Morgan fingerprint density at radius 3 is 2.57 bits per heavy atom. The Hall–Kier alpha value is -0.0700. The largest absolute Gasteiger partial charge is 0.364 e. The summed E-state index contributed by atoms with van der Waals surface area (Å²) >= 11 is 0. The number of rotatable bonds is 6. The summed E-state index contributed by atoms with van der Waals surface area (Å²) in [4.78, 5) is 14.4. The van der Waals surface area contributed by atoms with Gasteiger partial charge < -0.3 is 20.7 Å². The van der Waals surface area contributed by atoms with Crippen LogP contribution in [-0.4, -0.2) is 55.7 Å². The molecule has 3 atom stereocenters. The van der Waals surface area contributed by atoms with Crippen LogP contribution in [0.1, 0.15) is 32.6 Å². The number of halogens is 2. The van der Waals surface area contributed by atoms with Crippen molar-refractivity contribution in [2.45, 2.75) is 44.8 Å². The van der Waals surface area contributed by atoms with E-state index in [-0.39, 0.29) is 42.9 Å². The lowest BCUT2D eigenvalue weighted by molar-refractivity contribution is -0.132. The Morgan fingerprint density at radius 2 is 2.00 bits per heavy atom. The quantitative estimate of drug-likeness (QED) is 0.761. The Labute approximate surface area is 140 Å². The van der Waals surface area contributed by atoms with Crippen LogP contribution in [0.3, 0.4) is 0 Å². The number of amides is 1. The summed E-state index contributed by atoms with van der Waals surface area (Å²) in [7, 11) is 0. The molecule has 0 aromatic heterocycles. The molecule has 21 heavy (non-hydrogen) atoms. The van der Waals surface area contributed by atoms with Crippen molar-refractivity contribution in [3.8, 4) is 0 Å². The van der Waals surface area contributed by atoms with E-state index in [9.17, 15) is 4.79 Å². The Kier molecular flexibility index (Phi) is 10.6. The number of nitrogens with one attached hydrogen (secondary N) is 1. The van der Waals surface area contributed by atoms with Crippen LogP contribution in [0.15, 0.2) is 0 Å². The fraction of sp³-hybridized carbons (Fsp3) is 0.929. The minimum atomic E-state index is -0.285. The molecule has 2 aliphatic heterocycles. The molecule has 2 heterocycles. The van der Waals surface area contributed by atoms with Crippen molar-refractivity contribution in [1.29, 1.82) is 0 Å². The van der Waals surface area contributed by atoms with Crippen molar-refractivity contribution in [2.75, 3.05) is 32.7 Å². The van der Waals surface area contributed by atoms with E-state index in [1.54, 1.807) is 0 Å². The molecule has 0 aliphatic carbocycles. The minimum Gasteiger partial charge on any atom is -0.364 e. The van der Waals surface area contributed by atoms with Crippen molar-refractivity contribution in [2.24, 2.45) is 11.7 Å². The third kappa shape index (κ3) is 6.70. The van der Waals surface area contributed by atoms with E-state index in [0.29, 0.717) is 12.5 Å². The highest BCUT2D eigenvalue weighted by atomic mass is 35.5. The highest BCUT2D eigenvalue weighted by Gasteiger charge is 2.29. The molecule has 2 fully saturated rings. The number of carbonyl (C=O) groups is 1.